The molecule has 0 bridgehead atoms. The number of phenolic OH excluding ortho intramolecular Hbond substituents is 1. The highest BCUT2D eigenvalue weighted by Gasteiger charge is 2.76. The molecule has 2 aliphatic heterocycles. The molecule has 2 saturated heterocycles. The fourth-order valence-corrected chi connectivity index (χ4v) is 9.07. The molecule has 2 aliphatic carbocycles. The van der Waals surface area contributed by atoms with Crippen molar-refractivity contribution >= 4 is 75.9 Å². The molecule has 1 N–H and O–H groups in total. The Kier molecular flexibility index (Phi) is 9.05. The normalized spacial score (nSPS) is 27.7. The summed E-state index contributed by atoms with van der Waals surface area (Å²) >= 11 is 20.6. The summed E-state index contributed by atoms with van der Waals surface area (Å²) in [6.45, 7) is 1.73. The van der Waals surface area contributed by atoms with Crippen LogP contribution in [0.4, 0.5) is 33.3 Å². The van der Waals surface area contributed by atoms with Gasteiger partial charge in [0.2, 0.25) is 23.4 Å². The molecule has 3 aromatic rings. The second kappa shape index (κ2) is 13.0. The van der Waals surface area contributed by atoms with Crippen molar-refractivity contribution in [3.05, 3.63) is 93.3 Å². The summed E-state index contributed by atoms with van der Waals surface area (Å²) in [5.41, 5.74) is -0.494. The molecular formula is C37H26Cl3F5N2O7. The van der Waals surface area contributed by atoms with Crippen molar-refractivity contribution in [2.45, 2.75) is 29.5 Å². The fraction of sp³-hybridized carbons (Fsp3) is 0.297. The largest absolute Gasteiger partial charge is 0.502 e. The minimum atomic E-state index is -2.70. The number of allylic oxidation sites excluding steroid dienone is 3. The van der Waals surface area contributed by atoms with Crippen LogP contribution in [0.1, 0.15) is 24.0 Å². The zero-order valence-electron chi connectivity index (χ0n) is 28.2. The third kappa shape index (κ3) is 5.02. The Morgan fingerprint density at radius 2 is 1.43 bits per heavy atom. The second-order valence-corrected chi connectivity index (χ2v) is 15.0. The Morgan fingerprint density at radius 3 is 2.00 bits per heavy atom. The van der Waals surface area contributed by atoms with Gasteiger partial charge in [-0.15, -0.1) is 23.2 Å². The van der Waals surface area contributed by atoms with E-state index in [1.165, 1.54) is 50.6 Å². The number of anilines is 2. The molecule has 3 aromatic carbocycles. The summed E-state index contributed by atoms with van der Waals surface area (Å²) in [6, 6.07) is 7.34. The van der Waals surface area contributed by atoms with E-state index in [1.54, 1.807) is 19.1 Å². The summed E-state index contributed by atoms with van der Waals surface area (Å²) in [7, 11) is 2.55. The van der Waals surface area contributed by atoms with Crippen molar-refractivity contribution in [2.75, 3.05) is 24.0 Å². The highest BCUT2D eigenvalue weighted by Crippen LogP contribution is 2.64. The molecule has 2 heterocycles. The SMILES string of the molecule is COc1cc(C=C[C@H]2C3=CC[C@@H]4C(=O)N(c5ccc(C)c(Cl)c5)C(=O)[C@@H]4[C@@H]3C[C@@]3(Cl)C(=O)N(c4c(F)c(F)c(F)c(F)c4F)C(=O)[C@@]23Cl)cc(OC)c1O. The third-order valence-electron chi connectivity index (χ3n) is 10.7. The fourth-order valence-electron chi connectivity index (χ4n) is 8.01. The first-order chi connectivity index (χ1) is 25.4. The molecule has 0 radical (unpaired) electrons. The molecule has 6 atom stereocenters. The number of methoxy groups -OCH3 is 2. The highest BCUT2D eigenvalue weighted by atomic mass is 35.5. The van der Waals surface area contributed by atoms with E-state index in [4.69, 9.17) is 44.3 Å². The molecule has 0 unspecified atom stereocenters. The van der Waals surface area contributed by atoms with Crippen molar-refractivity contribution in [3.8, 4) is 17.2 Å². The van der Waals surface area contributed by atoms with Crippen LogP contribution in [0.3, 0.4) is 0 Å². The van der Waals surface area contributed by atoms with Gasteiger partial charge in [-0.25, -0.2) is 31.8 Å². The number of fused-ring (bicyclic) bond motifs is 4. The molecule has 3 fully saturated rings. The van der Waals surface area contributed by atoms with Crippen LogP contribution >= 0.6 is 34.8 Å². The molecular weight excluding hydrogens is 786 g/mol. The number of amides is 4. The number of rotatable bonds is 6. The molecule has 0 aromatic heterocycles. The Balaban J connectivity index is 1.41. The van der Waals surface area contributed by atoms with Crippen molar-refractivity contribution in [3.63, 3.8) is 0 Å². The molecule has 282 valence electrons. The van der Waals surface area contributed by atoms with Crippen molar-refractivity contribution in [1.29, 1.82) is 0 Å². The smallest absolute Gasteiger partial charge is 0.258 e. The van der Waals surface area contributed by atoms with E-state index in [2.05, 4.69) is 0 Å². The predicted molar refractivity (Wildman–Crippen MR) is 186 cm³/mol. The maximum absolute atomic E-state index is 15.3. The number of hydrogen-bond donors (Lipinski definition) is 1. The van der Waals surface area contributed by atoms with E-state index in [0.717, 1.165) is 4.90 Å². The van der Waals surface area contributed by atoms with Crippen LogP contribution in [0.5, 0.6) is 17.2 Å². The number of hydrogen-bond acceptors (Lipinski definition) is 7. The van der Waals surface area contributed by atoms with Crippen molar-refractivity contribution < 1.29 is 55.7 Å². The lowest BCUT2D eigenvalue weighted by molar-refractivity contribution is -0.125. The van der Waals surface area contributed by atoms with Gasteiger partial charge in [-0.05, 0) is 61.1 Å². The van der Waals surface area contributed by atoms with Crippen molar-refractivity contribution in [1.82, 2.24) is 0 Å². The summed E-state index contributed by atoms with van der Waals surface area (Å²) in [6.07, 6.45) is 3.56. The zero-order chi connectivity index (χ0) is 39.3. The molecule has 17 heteroatoms. The number of phenols is 1. The third-order valence-corrected chi connectivity index (χ3v) is 12.5. The van der Waals surface area contributed by atoms with Crippen LogP contribution in [0.25, 0.3) is 6.08 Å². The Morgan fingerprint density at radius 1 is 0.833 bits per heavy atom. The molecule has 9 nitrogen and oxygen atoms in total. The maximum Gasteiger partial charge on any atom is 0.258 e. The summed E-state index contributed by atoms with van der Waals surface area (Å²) in [4.78, 5) is 52.2. The Hall–Kier alpha value is -4.66. The van der Waals surface area contributed by atoms with Gasteiger partial charge in [-0.3, -0.25) is 19.2 Å². The van der Waals surface area contributed by atoms with Crippen LogP contribution in [-0.4, -0.2) is 52.7 Å². The molecule has 4 aliphatic rings. The number of ether oxygens (including phenoxy) is 2. The first-order valence-corrected chi connectivity index (χ1v) is 17.3. The number of carbonyl (C=O) groups is 4. The van der Waals surface area contributed by atoms with Crippen molar-refractivity contribution in [2.24, 2.45) is 23.7 Å². The number of imide groups is 2. The first-order valence-electron chi connectivity index (χ1n) is 16.2. The number of benzene rings is 3. The van der Waals surface area contributed by atoms with Gasteiger partial charge in [0.05, 0.1) is 31.7 Å². The number of alkyl halides is 2. The van der Waals surface area contributed by atoms with Gasteiger partial charge in [0, 0.05) is 10.9 Å². The van der Waals surface area contributed by atoms with Crippen LogP contribution in [0, 0.1) is 59.7 Å². The second-order valence-electron chi connectivity index (χ2n) is 13.3. The van der Waals surface area contributed by atoms with Gasteiger partial charge in [0.25, 0.3) is 11.8 Å². The summed E-state index contributed by atoms with van der Waals surface area (Å²) in [5.74, 6) is -22.0. The van der Waals surface area contributed by atoms with Gasteiger partial charge >= 0.3 is 0 Å². The molecule has 4 amide bonds. The average Bonchev–Trinajstić information content (AvgIpc) is 3.49. The standard InChI is InChI=1S/C37H26Cl3F5N2O7/c1-14-4-6-16(12-21(14)38)46-32(49)18-8-7-17-19(24(18)33(46)50)13-36(39)34(51)47(30-28(44)26(42)25(41)27(43)29(30)45)35(52)37(36,40)20(17)9-5-15-10-22(53-2)31(48)23(11-15)54-3/h4-7,9-12,18-20,24,48H,8,13H2,1-3H3/t18-,19+,20-,24-,36+,37-/m0/s1. The van der Waals surface area contributed by atoms with Crippen LogP contribution in [0.2, 0.25) is 5.02 Å². The zero-order valence-corrected chi connectivity index (χ0v) is 30.4. The van der Waals surface area contributed by atoms with Gasteiger partial charge in [0.1, 0.15) is 5.69 Å². The van der Waals surface area contributed by atoms with E-state index in [0.29, 0.717) is 5.56 Å². The van der Waals surface area contributed by atoms with E-state index in [1.807, 2.05) is 0 Å². The monoisotopic (exact) mass is 810 g/mol. The van der Waals surface area contributed by atoms with E-state index in [-0.39, 0.29) is 50.4 Å². The average molecular weight is 812 g/mol. The van der Waals surface area contributed by atoms with Gasteiger partial charge in [-0.1, -0.05) is 41.5 Å². The van der Waals surface area contributed by atoms with Crippen LogP contribution in [0.15, 0.2) is 48.1 Å². The molecule has 54 heavy (non-hydrogen) atoms. The number of aryl methyl sites for hydroxylation is 1. The lowest BCUT2D eigenvalue weighted by Gasteiger charge is -2.49. The van der Waals surface area contributed by atoms with Gasteiger partial charge in [-0.2, -0.15) is 0 Å². The summed E-state index contributed by atoms with van der Waals surface area (Å²) in [5, 5.41) is 10.7. The van der Waals surface area contributed by atoms with E-state index < -0.39 is 98.2 Å². The summed E-state index contributed by atoms with van der Waals surface area (Å²) < 4.78 is 84.0. The predicted octanol–water partition coefficient (Wildman–Crippen LogP) is 7.38. The lowest BCUT2D eigenvalue weighted by atomic mass is 9.57. The Bertz CT molecular complexity index is 2230. The van der Waals surface area contributed by atoms with Crippen LogP contribution in [-0.2, 0) is 19.2 Å². The van der Waals surface area contributed by atoms with E-state index >= 15 is 8.78 Å². The quantitative estimate of drug-likeness (QED) is 0.0691. The minimum Gasteiger partial charge on any atom is -0.502 e. The minimum absolute atomic E-state index is 0.0292. The van der Waals surface area contributed by atoms with Crippen LogP contribution < -0.4 is 19.3 Å². The number of nitrogens with zero attached hydrogens (tertiary/aromatic N) is 2. The first kappa shape index (κ1) is 37.6. The molecule has 7 rings (SSSR count). The number of carbonyl (C=O) groups excluding carboxylic acids is 4. The Labute approximate surface area is 318 Å². The van der Waals surface area contributed by atoms with E-state index in [9.17, 15) is 37.5 Å². The van der Waals surface area contributed by atoms with Gasteiger partial charge in [0.15, 0.2) is 44.5 Å². The lowest BCUT2D eigenvalue weighted by Crippen LogP contribution is -2.60. The highest BCUT2D eigenvalue weighted by molar-refractivity contribution is 6.58. The molecule has 0 spiro atoms. The van der Waals surface area contributed by atoms with Gasteiger partial charge < -0.3 is 14.6 Å². The maximum atomic E-state index is 15.3. The molecule has 1 saturated carbocycles. The number of aromatic hydroxyl groups is 1. The number of halogens is 8. The topological polar surface area (TPSA) is 113 Å².